The van der Waals surface area contributed by atoms with Crippen LogP contribution in [0.15, 0.2) is 48.9 Å². The van der Waals surface area contributed by atoms with Crippen molar-refractivity contribution in [2.24, 2.45) is 0 Å². The second-order valence-electron chi connectivity index (χ2n) is 4.93. The second-order valence-corrected chi connectivity index (χ2v) is 4.93. The minimum absolute atomic E-state index is 0.482. The van der Waals surface area contributed by atoms with E-state index in [1.54, 1.807) is 25.7 Å². The van der Waals surface area contributed by atoms with Crippen LogP contribution in [0.5, 0.6) is 5.88 Å². The van der Waals surface area contributed by atoms with Crippen LogP contribution in [0, 0.1) is 6.92 Å². The first kappa shape index (κ1) is 14.0. The summed E-state index contributed by atoms with van der Waals surface area (Å²) in [5.41, 5.74) is 10.7. The lowest BCUT2D eigenvalue weighted by atomic mass is 10.0. The van der Waals surface area contributed by atoms with Gasteiger partial charge in [-0.1, -0.05) is 6.07 Å². The van der Waals surface area contributed by atoms with Crippen LogP contribution >= 0.6 is 0 Å². The minimum atomic E-state index is 0.482. The van der Waals surface area contributed by atoms with Crippen LogP contribution < -0.4 is 10.5 Å². The lowest BCUT2D eigenvalue weighted by Gasteiger charge is -2.08. The smallest absolute Gasteiger partial charge is 0.212 e. The second kappa shape index (κ2) is 5.81. The van der Waals surface area contributed by atoms with Crippen molar-refractivity contribution < 1.29 is 4.74 Å². The molecule has 0 aliphatic carbocycles. The number of pyridine rings is 3. The number of nitrogen functional groups attached to an aromatic ring is 1. The summed E-state index contributed by atoms with van der Waals surface area (Å²) < 4.78 is 5.07. The molecule has 0 radical (unpaired) electrons. The number of aryl methyl sites for hydroxylation is 1. The Morgan fingerprint density at radius 2 is 1.59 bits per heavy atom. The zero-order chi connectivity index (χ0) is 15.5. The SMILES string of the molecule is COc1ccc(-c2cnc(N)c(-c3ccc(C)nc3)c2)cn1. The number of ether oxygens (including phenoxy) is 1. The molecule has 0 saturated heterocycles. The zero-order valence-corrected chi connectivity index (χ0v) is 12.4. The summed E-state index contributed by atoms with van der Waals surface area (Å²) in [5.74, 6) is 1.06. The van der Waals surface area contributed by atoms with Crippen molar-refractivity contribution in [2.45, 2.75) is 6.92 Å². The lowest BCUT2D eigenvalue weighted by molar-refractivity contribution is 0.398. The summed E-state index contributed by atoms with van der Waals surface area (Å²) in [6.07, 6.45) is 5.30. The maximum absolute atomic E-state index is 6.01. The molecule has 3 rings (SSSR count). The molecule has 5 nitrogen and oxygen atoms in total. The van der Waals surface area contributed by atoms with Gasteiger partial charge in [-0.3, -0.25) is 4.98 Å². The molecule has 0 aliphatic rings. The minimum Gasteiger partial charge on any atom is -0.481 e. The molecule has 110 valence electrons. The van der Waals surface area contributed by atoms with Crippen LogP contribution in [0.1, 0.15) is 5.69 Å². The lowest BCUT2D eigenvalue weighted by Crippen LogP contribution is -1.96. The standard InChI is InChI=1S/C17H16N4O/c1-11-3-4-13(9-19-11)15-7-14(10-21-17(15)18)12-5-6-16(22-2)20-8-12/h3-10H,1-2H3,(H2,18,21). The van der Waals surface area contributed by atoms with Crippen molar-refractivity contribution in [3.8, 4) is 28.1 Å². The largest absolute Gasteiger partial charge is 0.481 e. The Morgan fingerprint density at radius 3 is 2.23 bits per heavy atom. The van der Waals surface area contributed by atoms with Gasteiger partial charge in [-0.15, -0.1) is 0 Å². The number of aromatic nitrogens is 3. The van der Waals surface area contributed by atoms with Gasteiger partial charge in [-0.2, -0.15) is 0 Å². The highest BCUT2D eigenvalue weighted by molar-refractivity contribution is 5.78. The summed E-state index contributed by atoms with van der Waals surface area (Å²) in [6, 6.07) is 9.70. The first-order valence-corrected chi connectivity index (χ1v) is 6.86. The molecule has 3 heterocycles. The van der Waals surface area contributed by atoms with E-state index in [1.807, 2.05) is 37.3 Å². The van der Waals surface area contributed by atoms with Crippen LogP contribution in [0.4, 0.5) is 5.82 Å². The van der Waals surface area contributed by atoms with E-state index in [0.717, 1.165) is 27.9 Å². The maximum atomic E-state index is 6.01. The predicted octanol–water partition coefficient (Wildman–Crippen LogP) is 3.10. The molecule has 0 unspecified atom stereocenters. The molecule has 3 aromatic heterocycles. The molecule has 2 N–H and O–H groups in total. The van der Waals surface area contributed by atoms with Gasteiger partial charge in [0, 0.05) is 52.6 Å². The van der Waals surface area contributed by atoms with Gasteiger partial charge in [0.1, 0.15) is 5.82 Å². The molecule has 0 spiro atoms. The van der Waals surface area contributed by atoms with Crippen molar-refractivity contribution in [1.82, 2.24) is 15.0 Å². The van der Waals surface area contributed by atoms with E-state index in [0.29, 0.717) is 11.7 Å². The number of nitrogens with zero attached hydrogens (tertiary/aromatic N) is 3. The van der Waals surface area contributed by atoms with Crippen LogP contribution in [0.2, 0.25) is 0 Å². The Labute approximate surface area is 128 Å². The normalized spacial score (nSPS) is 10.5. The first-order chi connectivity index (χ1) is 10.7. The van der Waals surface area contributed by atoms with Crippen molar-refractivity contribution in [1.29, 1.82) is 0 Å². The molecule has 0 aromatic carbocycles. The number of nitrogens with two attached hydrogens (primary N) is 1. The van der Waals surface area contributed by atoms with Crippen LogP contribution in [0.3, 0.4) is 0 Å². The van der Waals surface area contributed by atoms with Gasteiger partial charge in [0.15, 0.2) is 0 Å². The monoisotopic (exact) mass is 292 g/mol. The molecule has 0 aliphatic heterocycles. The number of methoxy groups -OCH3 is 1. The highest BCUT2D eigenvalue weighted by Crippen LogP contribution is 2.29. The third-order valence-electron chi connectivity index (χ3n) is 3.42. The fourth-order valence-corrected chi connectivity index (χ4v) is 2.16. The Hall–Kier alpha value is -2.95. The third-order valence-corrected chi connectivity index (χ3v) is 3.42. The van der Waals surface area contributed by atoms with Gasteiger partial charge in [0.25, 0.3) is 0 Å². The van der Waals surface area contributed by atoms with Gasteiger partial charge in [0.05, 0.1) is 7.11 Å². The summed E-state index contributed by atoms with van der Waals surface area (Å²) in [6.45, 7) is 1.95. The van der Waals surface area contributed by atoms with E-state index < -0.39 is 0 Å². The van der Waals surface area contributed by atoms with Crippen LogP contribution in [-0.4, -0.2) is 22.1 Å². The van der Waals surface area contributed by atoms with Crippen LogP contribution in [0.25, 0.3) is 22.3 Å². The molecular weight excluding hydrogens is 276 g/mol. The molecule has 0 fully saturated rings. The number of rotatable bonds is 3. The van der Waals surface area contributed by atoms with Crippen molar-refractivity contribution >= 4 is 5.82 Å². The van der Waals surface area contributed by atoms with Crippen molar-refractivity contribution in [3.05, 3.63) is 54.6 Å². The van der Waals surface area contributed by atoms with E-state index in [4.69, 9.17) is 10.5 Å². The van der Waals surface area contributed by atoms with E-state index in [9.17, 15) is 0 Å². The summed E-state index contributed by atoms with van der Waals surface area (Å²) in [4.78, 5) is 12.8. The van der Waals surface area contributed by atoms with Gasteiger partial charge in [-0.05, 0) is 25.1 Å². The topological polar surface area (TPSA) is 73.9 Å². The van der Waals surface area contributed by atoms with E-state index in [2.05, 4.69) is 15.0 Å². The maximum Gasteiger partial charge on any atom is 0.212 e. The van der Waals surface area contributed by atoms with E-state index >= 15 is 0 Å². The van der Waals surface area contributed by atoms with Gasteiger partial charge < -0.3 is 10.5 Å². The average Bonchev–Trinajstić information content (AvgIpc) is 2.56. The molecule has 3 aromatic rings. The first-order valence-electron chi connectivity index (χ1n) is 6.86. The molecule has 5 heteroatoms. The number of hydrogen-bond acceptors (Lipinski definition) is 5. The number of hydrogen-bond donors (Lipinski definition) is 1. The molecule has 0 atom stereocenters. The van der Waals surface area contributed by atoms with Gasteiger partial charge >= 0.3 is 0 Å². The predicted molar refractivity (Wildman–Crippen MR) is 86.4 cm³/mol. The van der Waals surface area contributed by atoms with Crippen molar-refractivity contribution in [3.63, 3.8) is 0 Å². The molecule has 22 heavy (non-hydrogen) atoms. The van der Waals surface area contributed by atoms with Gasteiger partial charge in [0.2, 0.25) is 5.88 Å². The van der Waals surface area contributed by atoms with Gasteiger partial charge in [-0.25, -0.2) is 9.97 Å². The Bertz CT molecular complexity index is 783. The number of anilines is 1. The highest BCUT2D eigenvalue weighted by atomic mass is 16.5. The van der Waals surface area contributed by atoms with E-state index in [1.165, 1.54) is 0 Å². The fourth-order valence-electron chi connectivity index (χ4n) is 2.16. The Balaban J connectivity index is 2.03. The summed E-state index contributed by atoms with van der Waals surface area (Å²) in [5, 5.41) is 0. The Kier molecular flexibility index (Phi) is 3.70. The fraction of sp³-hybridized carbons (Fsp3) is 0.118. The quantitative estimate of drug-likeness (QED) is 0.803. The highest BCUT2D eigenvalue weighted by Gasteiger charge is 2.08. The molecule has 0 bridgehead atoms. The molecule has 0 saturated carbocycles. The third kappa shape index (κ3) is 2.74. The zero-order valence-electron chi connectivity index (χ0n) is 12.4. The molecular formula is C17H16N4O. The van der Waals surface area contributed by atoms with Crippen molar-refractivity contribution in [2.75, 3.05) is 12.8 Å². The Morgan fingerprint density at radius 1 is 0.864 bits per heavy atom. The average molecular weight is 292 g/mol. The summed E-state index contributed by atoms with van der Waals surface area (Å²) in [7, 11) is 1.59. The summed E-state index contributed by atoms with van der Waals surface area (Å²) >= 11 is 0. The van der Waals surface area contributed by atoms with Crippen LogP contribution in [-0.2, 0) is 0 Å². The van der Waals surface area contributed by atoms with E-state index in [-0.39, 0.29) is 0 Å². The molecule has 0 amide bonds.